The zero-order valence-electron chi connectivity index (χ0n) is 13.3. The lowest BCUT2D eigenvalue weighted by atomic mass is 10.0. The molecule has 0 saturated heterocycles. The van der Waals surface area contributed by atoms with Crippen molar-refractivity contribution in [2.24, 2.45) is 5.16 Å². The maximum atomic E-state index is 12.3. The molecule has 7 heteroatoms. The summed E-state index contributed by atoms with van der Waals surface area (Å²) in [6.07, 6.45) is -0.395. The van der Waals surface area contributed by atoms with E-state index in [-0.39, 0.29) is 18.4 Å². The van der Waals surface area contributed by atoms with Gasteiger partial charge >= 0.3 is 0 Å². The van der Waals surface area contributed by atoms with E-state index >= 15 is 0 Å². The molecule has 128 valence electrons. The number of nitrogens with one attached hydrogen (secondary N) is 1. The summed E-state index contributed by atoms with van der Waals surface area (Å²) in [4.78, 5) is 17.5. The summed E-state index contributed by atoms with van der Waals surface area (Å²) in [5.41, 5.74) is 2.03. The van der Waals surface area contributed by atoms with E-state index in [4.69, 9.17) is 14.3 Å². The highest BCUT2D eigenvalue weighted by Crippen LogP contribution is 2.32. The van der Waals surface area contributed by atoms with Gasteiger partial charge in [0, 0.05) is 18.5 Å². The number of rotatable bonds is 4. The fraction of sp³-hybridized carbons (Fsp3) is 0.222. The van der Waals surface area contributed by atoms with Gasteiger partial charge in [-0.15, -0.1) is 0 Å². The zero-order chi connectivity index (χ0) is 17.2. The molecular formula is C18H16N2O5. The molecule has 0 aromatic heterocycles. The Labute approximate surface area is 143 Å². The lowest BCUT2D eigenvalue weighted by Crippen LogP contribution is -2.34. The van der Waals surface area contributed by atoms with Crippen LogP contribution in [-0.4, -0.2) is 29.6 Å². The quantitative estimate of drug-likeness (QED) is 0.888. The van der Waals surface area contributed by atoms with Crippen LogP contribution in [-0.2, 0) is 16.2 Å². The standard InChI is InChI=1S/C18H16N2O5/c21-14-4-2-1-3-12(14)13-8-17(25-20-13)18(22)19-9-11-5-6-15-16(7-11)24-10-23-15/h1-7,17,21H,8-10H2,(H,19,22)/t17-/m1/s1. The number of hydrogen-bond acceptors (Lipinski definition) is 6. The van der Waals surface area contributed by atoms with Crippen molar-refractivity contribution >= 4 is 11.6 Å². The minimum absolute atomic E-state index is 0.117. The number of para-hydroxylation sites is 1. The van der Waals surface area contributed by atoms with Crippen molar-refractivity contribution in [1.29, 1.82) is 0 Å². The van der Waals surface area contributed by atoms with E-state index in [1.165, 1.54) is 0 Å². The number of benzene rings is 2. The molecule has 2 aromatic carbocycles. The second kappa shape index (κ2) is 6.35. The van der Waals surface area contributed by atoms with E-state index in [2.05, 4.69) is 10.5 Å². The molecule has 4 rings (SSSR count). The fourth-order valence-corrected chi connectivity index (χ4v) is 2.75. The van der Waals surface area contributed by atoms with Crippen molar-refractivity contribution in [2.75, 3.05) is 6.79 Å². The van der Waals surface area contributed by atoms with Crippen molar-refractivity contribution in [3.05, 3.63) is 53.6 Å². The topological polar surface area (TPSA) is 89.4 Å². The Morgan fingerprint density at radius 1 is 1.20 bits per heavy atom. The van der Waals surface area contributed by atoms with Crippen LogP contribution in [0.5, 0.6) is 17.2 Å². The Balaban J connectivity index is 1.35. The molecular weight excluding hydrogens is 324 g/mol. The van der Waals surface area contributed by atoms with Crippen LogP contribution in [0.2, 0.25) is 0 Å². The van der Waals surface area contributed by atoms with Crippen LogP contribution in [0.1, 0.15) is 17.5 Å². The molecule has 2 N–H and O–H groups in total. The summed E-state index contributed by atoms with van der Waals surface area (Å²) in [6.45, 7) is 0.564. The fourth-order valence-electron chi connectivity index (χ4n) is 2.75. The van der Waals surface area contributed by atoms with Gasteiger partial charge in [-0.3, -0.25) is 4.79 Å². The molecule has 0 bridgehead atoms. The molecule has 2 aliphatic rings. The first-order valence-electron chi connectivity index (χ1n) is 7.88. The summed E-state index contributed by atoms with van der Waals surface area (Å²) in [5.74, 6) is 1.24. The highest BCUT2D eigenvalue weighted by molar-refractivity contribution is 6.05. The third-order valence-corrected chi connectivity index (χ3v) is 4.08. The van der Waals surface area contributed by atoms with E-state index in [1.54, 1.807) is 24.3 Å². The van der Waals surface area contributed by atoms with Gasteiger partial charge in [-0.1, -0.05) is 23.4 Å². The number of amides is 1. The molecule has 1 atom stereocenters. The van der Waals surface area contributed by atoms with Crippen molar-refractivity contribution in [3.8, 4) is 17.2 Å². The number of fused-ring (bicyclic) bond motifs is 1. The van der Waals surface area contributed by atoms with E-state index in [0.717, 1.165) is 5.56 Å². The minimum atomic E-state index is -0.705. The third kappa shape index (κ3) is 3.08. The monoisotopic (exact) mass is 340 g/mol. The summed E-state index contributed by atoms with van der Waals surface area (Å²) in [7, 11) is 0. The first kappa shape index (κ1) is 15.3. The molecule has 2 heterocycles. The Morgan fingerprint density at radius 2 is 2.04 bits per heavy atom. The predicted octanol–water partition coefficient (Wildman–Crippen LogP) is 1.93. The van der Waals surface area contributed by atoms with Crippen LogP contribution in [0.3, 0.4) is 0 Å². The second-order valence-corrected chi connectivity index (χ2v) is 5.76. The number of carbonyl (C=O) groups is 1. The molecule has 25 heavy (non-hydrogen) atoms. The zero-order valence-corrected chi connectivity index (χ0v) is 13.3. The molecule has 2 aromatic rings. The first-order valence-corrected chi connectivity index (χ1v) is 7.88. The highest BCUT2D eigenvalue weighted by Gasteiger charge is 2.29. The molecule has 0 spiro atoms. The number of oxime groups is 1. The van der Waals surface area contributed by atoms with Gasteiger partial charge in [0.25, 0.3) is 5.91 Å². The van der Waals surface area contributed by atoms with Gasteiger partial charge in [-0.05, 0) is 29.8 Å². The minimum Gasteiger partial charge on any atom is -0.507 e. The number of hydrogen-bond donors (Lipinski definition) is 2. The number of phenolic OH excluding ortho intramolecular Hbond substituents is 1. The average Bonchev–Trinajstić information content (AvgIpc) is 3.29. The second-order valence-electron chi connectivity index (χ2n) is 5.76. The number of nitrogens with zero attached hydrogens (tertiary/aromatic N) is 1. The molecule has 0 radical (unpaired) electrons. The Bertz CT molecular complexity index is 849. The maximum absolute atomic E-state index is 12.3. The normalized spacial score (nSPS) is 17.8. The van der Waals surface area contributed by atoms with E-state index in [9.17, 15) is 9.90 Å². The Hall–Kier alpha value is -3.22. The molecule has 7 nitrogen and oxygen atoms in total. The third-order valence-electron chi connectivity index (χ3n) is 4.08. The van der Waals surface area contributed by atoms with Gasteiger partial charge in [-0.25, -0.2) is 0 Å². The van der Waals surface area contributed by atoms with E-state index in [1.807, 2.05) is 18.2 Å². The van der Waals surface area contributed by atoms with Crippen LogP contribution in [0.4, 0.5) is 0 Å². The van der Waals surface area contributed by atoms with Gasteiger partial charge in [0.1, 0.15) is 5.75 Å². The lowest BCUT2D eigenvalue weighted by molar-refractivity contribution is -0.131. The van der Waals surface area contributed by atoms with Gasteiger partial charge in [0.05, 0.1) is 5.71 Å². The van der Waals surface area contributed by atoms with Gasteiger partial charge in [0.2, 0.25) is 12.9 Å². The van der Waals surface area contributed by atoms with Gasteiger partial charge in [0.15, 0.2) is 11.5 Å². The van der Waals surface area contributed by atoms with Crippen molar-refractivity contribution in [3.63, 3.8) is 0 Å². The van der Waals surface area contributed by atoms with Gasteiger partial charge < -0.3 is 24.7 Å². The number of phenols is 1. The highest BCUT2D eigenvalue weighted by atomic mass is 16.7. The van der Waals surface area contributed by atoms with Crippen molar-refractivity contribution in [2.45, 2.75) is 19.1 Å². The molecule has 1 amide bonds. The molecule has 0 unspecified atom stereocenters. The Morgan fingerprint density at radius 3 is 2.92 bits per heavy atom. The number of ether oxygens (including phenoxy) is 2. The van der Waals surface area contributed by atoms with Crippen LogP contribution in [0, 0.1) is 0 Å². The Kier molecular flexibility index (Phi) is 3.89. The van der Waals surface area contributed by atoms with E-state index < -0.39 is 6.10 Å². The van der Waals surface area contributed by atoms with Crippen LogP contribution >= 0.6 is 0 Å². The smallest absolute Gasteiger partial charge is 0.264 e. The lowest BCUT2D eigenvalue weighted by Gasteiger charge is -2.10. The molecule has 0 aliphatic carbocycles. The molecule has 2 aliphatic heterocycles. The van der Waals surface area contributed by atoms with Crippen LogP contribution in [0.25, 0.3) is 0 Å². The largest absolute Gasteiger partial charge is 0.507 e. The molecule has 0 fully saturated rings. The van der Waals surface area contributed by atoms with Crippen LogP contribution in [0.15, 0.2) is 47.6 Å². The summed E-state index contributed by atoms with van der Waals surface area (Å²) in [5, 5.41) is 16.6. The van der Waals surface area contributed by atoms with Crippen molar-refractivity contribution in [1.82, 2.24) is 5.32 Å². The number of carbonyl (C=O) groups excluding carboxylic acids is 1. The first-order chi connectivity index (χ1) is 12.2. The average molecular weight is 340 g/mol. The predicted molar refractivity (Wildman–Crippen MR) is 88.5 cm³/mol. The maximum Gasteiger partial charge on any atom is 0.264 e. The van der Waals surface area contributed by atoms with Crippen molar-refractivity contribution < 1.29 is 24.2 Å². The summed E-state index contributed by atoms with van der Waals surface area (Å²) < 4.78 is 10.6. The SMILES string of the molecule is O=C(NCc1ccc2c(c1)OCO2)[C@H]1CC(c2ccccc2O)=NO1. The van der Waals surface area contributed by atoms with Crippen LogP contribution < -0.4 is 14.8 Å². The molecule has 0 saturated carbocycles. The number of aromatic hydroxyl groups is 1. The van der Waals surface area contributed by atoms with Gasteiger partial charge in [-0.2, -0.15) is 0 Å². The summed E-state index contributed by atoms with van der Waals surface area (Å²) in [6, 6.07) is 12.4. The van der Waals surface area contributed by atoms with E-state index in [0.29, 0.717) is 35.7 Å². The summed E-state index contributed by atoms with van der Waals surface area (Å²) >= 11 is 0.